The molecule has 2 atom stereocenters. The third-order valence-electron chi connectivity index (χ3n) is 5.26. The van der Waals surface area contributed by atoms with Crippen LogP contribution in [0.25, 0.3) is 0 Å². The Balaban J connectivity index is 1.73. The minimum Gasteiger partial charge on any atom is -0.403 e. The summed E-state index contributed by atoms with van der Waals surface area (Å²) in [4.78, 5) is 0. The summed E-state index contributed by atoms with van der Waals surface area (Å²) in [5.74, 6) is 0.921. The molecule has 21 heavy (non-hydrogen) atoms. The fourth-order valence-corrected chi connectivity index (χ4v) is 3.01. The van der Waals surface area contributed by atoms with Gasteiger partial charge in [0.1, 0.15) is 0 Å². The van der Waals surface area contributed by atoms with Crippen LogP contribution in [-0.2, 0) is 9.31 Å². The molecular formula is C17H22BNO2. The quantitative estimate of drug-likeness (QED) is 0.775. The first-order valence-corrected chi connectivity index (χ1v) is 7.61. The van der Waals surface area contributed by atoms with E-state index in [2.05, 4.69) is 45.9 Å². The molecule has 4 heteroatoms. The van der Waals surface area contributed by atoms with Crippen LogP contribution in [-0.4, -0.2) is 18.3 Å². The predicted octanol–water partition coefficient (Wildman–Crippen LogP) is 3.82. The standard InChI is InChI=1S/C17H22BNO2/c1-11-8-12(6-7-13(11)10-19)14-9-15(14)18-20-16(2,3)17(4,5)21-18/h6-8,14-15H,9H2,1-5H3/t14?,15-/m0/s1. The van der Waals surface area contributed by atoms with E-state index < -0.39 is 0 Å². The largest absolute Gasteiger partial charge is 0.461 e. The summed E-state index contributed by atoms with van der Waals surface area (Å²) in [6, 6.07) is 8.35. The van der Waals surface area contributed by atoms with Gasteiger partial charge in [-0.3, -0.25) is 0 Å². The van der Waals surface area contributed by atoms with Crippen molar-refractivity contribution in [1.29, 1.82) is 5.26 Å². The Bertz CT molecular complexity index is 602. The molecule has 1 aliphatic carbocycles. The van der Waals surface area contributed by atoms with E-state index in [1.165, 1.54) is 5.56 Å². The van der Waals surface area contributed by atoms with Crippen molar-refractivity contribution in [3.63, 3.8) is 0 Å². The average molecular weight is 283 g/mol. The highest BCUT2D eigenvalue weighted by Gasteiger charge is 2.59. The van der Waals surface area contributed by atoms with E-state index in [0.717, 1.165) is 17.5 Å². The lowest BCUT2D eigenvalue weighted by Crippen LogP contribution is -2.41. The Morgan fingerprint density at radius 1 is 1.19 bits per heavy atom. The van der Waals surface area contributed by atoms with Gasteiger partial charge in [-0.15, -0.1) is 0 Å². The zero-order chi connectivity index (χ0) is 15.4. The molecule has 1 aliphatic heterocycles. The molecule has 1 saturated carbocycles. The van der Waals surface area contributed by atoms with Crippen LogP contribution in [0.15, 0.2) is 18.2 Å². The lowest BCUT2D eigenvalue weighted by Gasteiger charge is -2.32. The van der Waals surface area contributed by atoms with Gasteiger partial charge in [0.2, 0.25) is 0 Å². The van der Waals surface area contributed by atoms with Crippen LogP contribution in [0.5, 0.6) is 0 Å². The molecule has 2 aliphatic rings. The van der Waals surface area contributed by atoms with Gasteiger partial charge in [-0.25, -0.2) is 0 Å². The Morgan fingerprint density at radius 3 is 2.33 bits per heavy atom. The van der Waals surface area contributed by atoms with Gasteiger partial charge in [-0.05, 0) is 64.2 Å². The van der Waals surface area contributed by atoms with Crippen LogP contribution < -0.4 is 0 Å². The third-order valence-corrected chi connectivity index (χ3v) is 5.26. The van der Waals surface area contributed by atoms with E-state index in [0.29, 0.717) is 11.7 Å². The van der Waals surface area contributed by atoms with Crippen LogP contribution >= 0.6 is 0 Å². The van der Waals surface area contributed by atoms with Gasteiger partial charge in [0.15, 0.2) is 0 Å². The summed E-state index contributed by atoms with van der Waals surface area (Å²) in [5, 5.41) is 9.01. The van der Waals surface area contributed by atoms with Gasteiger partial charge in [0.25, 0.3) is 0 Å². The highest BCUT2D eigenvalue weighted by Crippen LogP contribution is 2.58. The van der Waals surface area contributed by atoms with E-state index in [1.54, 1.807) is 0 Å². The summed E-state index contributed by atoms with van der Waals surface area (Å²) < 4.78 is 12.3. The first kappa shape index (κ1) is 14.6. The lowest BCUT2D eigenvalue weighted by molar-refractivity contribution is 0.00578. The second-order valence-electron chi connectivity index (χ2n) is 7.32. The maximum atomic E-state index is 9.01. The minimum atomic E-state index is -0.259. The van der Waals surface area contributed by atoms with Crippen LogP contribution in [0.3, 0.4) is 0 Å². The average Bonchev–Trinajstić information content (AvgIpc) is 3.13. The molecule has 1 saturated heterocycles. The molecule has 0 N–H and O–H groups in total. The second kappa shape index (κ2) is 4.59. The van der Waals surface area contributed by atoms with E-state index >= 15 is 0 Å². The van der Waals surface area contributed by atoms with Crippen LogP contribution in [0.2, 0.25) is 5.82 Å². The molecule has 0 amide bonds. The van der Waals surface area contributed by atoms with Crippen LogP contribution in [0.4, 0.5) is 0 Å². The maximum absolute atomic E-state index is 9.01. The van der Waals surface area contributed by atoms with Gasteiger partial charge < -0.3 is 9.31 Å². The normalized spacial score (nSPS) is 29.2. The fourth-order valence-electron chi connectivity index (χ4n) is 3.01. The molecule has 1 aromatic rings. The minimum absolute atomic E-state index is 0.115. The molecule has 0 radical (unpaired) electrons. The van der Waals surface area contributed by atoms with Gasteiger partial charge in [0.05, 0.1) is 22.8 Å². The summed E-state index contributed by atoms with van der Waals surface area (Å²) in [6.07, 6.45) is 1.10. The topological polar surface area (TPSA) is 42.2 Å². The van der Waals surface area contributed by atoms with Crippen molar-refractivity contribution in [2.45, 2.75) is 64.0 Å². The summed E-state index contributed by atoms with van der Waals surface area (Å²) in [6.45, 7) is 10.4. The first-order valence-electron chi connectivity index (χ1n) is 7.61. The number of hydrogen-bond acceptors (Lipinski definition) is 3. The monoisotopic (exact) mass is 283 g/mol. The zero-order valence-corrected chi connectivity index (χ0v) is 13.4. The maximum Gasteiger partial charge on any atom is 0.461 e. The van der Waals surface area contributed by atoms with Crippen molar-refractivity contribution < 1.29 is 9.31 Å². The summed E-state index contributed by atoms with van der Waals surface area (Å²) >= 11 is 0. The lowest BCUT2D eigenvalue weighted by atomic mass is 9.79. The molecule has 1 unspecified atom stereocenters. The van der Waals surface area contributed by atoms with Crippen molar-refractivity contribution in [2.75, 3.05) is 0 Å². The highest BCUT2D eigenvalue weighted by molar-refractivity contribution is 6.49. The molecule has 1 aromatic carbocycles. The van der Waals surface area contributed by atoms with Crippen molar-refractivity contribution in [2.24, 2.45) is 0 Å². The Kier molecular flexibility index (Phi) is 3.20. The van der Waals surface area contributed by atoms with E-state index in [9.17, 15) is 0 Å². The van der Waals surface area contributed by atoms with Crippen molar-refractivity contribution in [3.8, 4) is 6.07 Å². The fraction of sp³-hybridized carbons (Fsp3) is 0.588. The number of benzene rings is 1. The summed E-state index contributed by atoms with van der Waals surface area (Å²) in [7, 11) is -0.115. The number of nitrogens with zero attached hydrogens (tertiary/aromatic N) is 1. The SMILES string of the molecule is Cc1cc(C2C[C@@H]2B2OC(C)(C)C(C)(C)O2)ccc1C#N. The zero-order valence-electron chi connectivity index (χ0n) is 13.4. The molecular weight excluding hydrogens is 261 g/mol. The Hall–Kier alpha value is -1.31. The summed E-state index contributed by atoms with van der Waals surface area (Å²) in [5.41, 5.74) is 2.59. The van der Waals surface area contributed by atoms with E-state index in [-0.39, 0.29) is 18.3 Å². The first-order chi connectivity index (χ1) is 9.75. The van der Waals surface area contributed by atoms with Gasteiger partial charge in [0, 0.05) is 5.82 Å². The van der Waals surface area contributed by atoms with Crippen LogP contribution in [0.1, 0.15) is 56.7 Å². The molecule has 110 valence electrons. The molecule has 3 nitrogen and oxygen atoms in total. The predicted molar refractivity (Wildman–Crippen MR) is 83.1 cm³/mol. The van der Waals surface area contributed by atoms with Gasteiger partial charge in [-0.2, -0.15) is 5.26 Å². The van der Waals surface area contributed by atoms with E-state index in [1.807, 2.05) is 13.0 Å². The van der Waals surface area contributed by atoms with Crippen LogP contribution in [0, 0.1) is 18.3 Å². The molecule has 0 spiro atoms. The number of hydrogen-bond donors (Lipinski definition) is 0. The third kappa shape index (κ3) is 2.39. The number of nitriles is 1. The van der Waals surface area contributed by atoms with E-state index in [4.69, 9.17) is 14.6 Å². The molecule has 0 aromatic heterocycles. The highest BCUT2D eigenvalue weighted by atomic mass is 16.7. The molecule has 1 heterocycles. The molecule has 2 fully saturated rings. The second-order valence-corrected chi connectivity index (χ2v) is 7.32. The number of aryl methyl sites for hydroxylation is 1. The van der Waals surface area contributed by atoms with Crippen molar-refractivity contribution in [1.82, 2.24) is 0 Å². The molecule has 0 bridgehead atoms. The van der Waals surface area contributed by atoms with Gasteiger partial charge in [-0.1, -0.05) is 12.1 Å². The Morgan fingerprint density at radius 2 is 1.81 bits per heavy atom. The van der Waals surface area contributed by atoms with Crippen molar-refractivity contribution in [3.05, 3.63) is 34.9 Å². The van der Waals surface area contributed by atoms with Crippen molar-refractivity contribution >= 4 is 7.12 Å². The smallest absolute Gasteiger partial charge is 0.403 e. The Labute approximate surface area is 127 Å². The van der Waals surface area contributed by atoms with Gasteiger partial charge >= 0.3 is 7.12 Å². The number of rotatable bonds is 2. The molecule has 3 rings (SSSR count).